The van der Waals surface area contributed by atoms with Crippen molar-refractivity contribution in [2.45, 2.75) is 31.6 Å². The topological polar surface area (TPSA) is 71.8 Å². The van der Waals surface area contributed by atoms with Crippen LogP contribution in [0.4, 0.5) is 5.69 Å². The number of rotatable bonds is 5. The summed E-state index contributed by atoms with van der Waals surface area (Å²) in [5.41, 5.74) is 4.29. The molecule has 0 aliphatic carbocycles. The molecular weight excluding hydrogens is 428 g/mol. The Labute approximate surface area is 198 Å². The van der Waals surface area contributed by atoms with Gasteiger partial charge >= 0.3 is 0 Å². The summed E-state index contributed by atoms with van der Waals surface area (Å²) in [6.45, 7) is 3.22. The second kappa shape index (κ2) is 7.81. The van der Waals surface area contributed by atoms with Gasteiger partial charge in [-0.3, -0.25) is 4.79 Å². The minimum atomic E-state index is -0.956. The number of unbranched alkanes of at least 4 members (excludes halogenated alkanes) is 2. The van der Waals surface area contributed by atoms with Gasteiger partial charge in [0.25, 0.3) is 0 Å². The molecule has 3 aliphatic heterocycles. The number of hydrogen-bond donors (Lipinski definition) is 0. The molecule has 1 atom stereocenters. The first-order chi connectivity index (χ1) is 16.7. The Bertz CT molecular complexity index is 1340. The molecule has 6 heteroatoms. The average molecular weight is 453 g/mol. The lowest BCUT2D eigenvalue weighted by atomic mass is 9.74. The fourth-order valence-electron chi connectivity index (χ4n) is 5.39. The summed E-state index contributed by atoms with van der Waals surface area (Å²) >= 11 is 0. The largest absolute Gasteiger partial charge is 0.491 e. The summed E-state index contributed by atoms with van der Waals surface area (Å²) in [4.78, 5) is 16.2. The third kappa shape index (κ3) is 2.83. The van der Waals surface area contributed by atoms with E-state index in [4.69, 9.17) is 14.2 Å². The highest BCUT2D eigenvalue weighted by molar-refractivity contribution is 6.13. The Morgan fingerprint density at radius 3 is 2.56 bits per heavy atom. The van der Waals surface area contributed by atoms with E-state index in [0.717, 1.165) is 47.2 Å². The summed E-state index contributed by atoms with van der Waals surface area (Å²) in [7, 11) is 0. The normalized spacial score (nSPS) is 19.2. The maximum atomic E-state index is 14.3. The highest BCUT2D eigenvalue weighted by Gasteiger charge is 2.58. The predicted molar refractivity (Wildman–Crippen MR) is 127 cm³/mol. The van der Waals surface area contributed by atoms with Gasteiger partial charge in [-0.1, -0.05) is 44.0 Å². The zero-order valence-corrected chi connectivity index (χ0v) is 19.0. The van der Waals surface area contributed by atoms with E-state index in [1.165, 1.54) is 0 Å². The van der Waals surface area contributed by atoms with Crippen LogP contribution in [-0.4, -0.2) is 25.9 Å². The maximum Gasteiger partial charge on any atom is 0.245 e. The van der Waals surface area contributed by atoms with Crippen molar-refractivity contribution in [1.82, 2.24) is 0 Å². The zero-order valence-electron chi connectivity index (χ0n) is 19.0. The molecule has 1 unspecified atom stereocenters. The summed E-state index contributed by atoms with van der Waals surface area (Å²) in [5, 5.41) is 9.24. The van der Waals surface area contributed by atoms with Crippen LogP contribution in [0.25, 0.3) is 11.1 Å². The standard InChI is InChI=1S/C28H24N2O4/c1-2-3-4-12-30-22-7-5-6-20(19-10-8-18(15-29)9-11-19)26(22)28(27(30)31)16-32-23-14-25-24(13-21(23)28)33-17-34-25/h5-11,13-14H,2-4,12,16-17H2,1H3. The van der Waals surface area contributed by atoms with Crippen LogP contribution >= 0.6 is 0 Å². The SMILES string of the molecule is CCCCCN1C(=O)C2(COc3cc4c(cc32)OCO4)c2c(-c3ccc(C#N)cc3)cccc21. The number of nitrogens with zero attached hydrogens (tertiary/aromatic N) is 2. The lowest BCUT2D eigenvalue weighted by Crippen LogP contribution is -2.43. The Morgan fingerprint density at radius 2 is 1.79 bits per heavy atom. The third-order valence-electron chi connectivity index (χ3n) is 7.06. The van der Waals surface area contributed by atoms with Crippen molar-refractivity contribution in [2.75, 3.05) is 24.8 Å². The van der Waals surface area contributed by atoms with Crippen molar-refractivity contribution < 1.29 is 19.0 Å². The highest BCUT2D eigenvalue weighted by atomic mass is 16.7. The van der Waals surface area contributed by atoms with Gasteiger partial charge in [-0.2, -0.15) is 5.26 Å². The molecule has 3 aliphatic rings. The van der Waals surface area contributed by atoms with Gasteiger partial charge in [0.1, 0.15) is 17.8 Å². The van der Waals surface area contributed by atoms with Gasteiger partial charge in [0.15, 0.2) is 11.5 Å². The Kier molecular flexibility index (Phi) is 4.73. The predicted octanol–water partition coefficient (Wildman–Crippen LogP) is 5.17. The van der Waals surface area contributed by atoms with Gasteiger partial charge < -0.3 is 19.1 Å². The summed E-state index contributed by atoms with van der Waals surface area (Å²) < 4.78 is 17.4. The number of fused-ring (bicyclic) bond motifs is 5. The molecule has 0 fully saturated rings. The molecule has 6 nitrogen and oxygen atoms in total. The molecule has 1 amide bonds. The minimum absolute atomic E-state index is 0.0392. The number of hydrogen-bond acceptors (Lipinski definition) is 5. The first-order valence-electron chi connectivity index (χ1n) is 11.7. The van der Waals surface area contributed by atoms with Gasteiger partial charge in [0, 0.05) is 29.4 Å². The smallest absolute Gasteiger partial charge is 0.245 e. The lowest BCUT2D eigenvalue weighted by molar-refractivity contribution is -0.122. The third-order valence-corrected chi connectivity index (χ3v) is 7.06. The second-order valence-corrected chi connectivity index (χ2v) is 8.95. The van der Waals surface area contributed by atoms with Crippen molar-refractivity contribution in [3.05, 3.63) is 71.3 Å². The Balaban J connectivity index is 1.57. The number of amides is 1. The van der Waals surface area contributed by atoms with E-state index < -0.39 is 5.41 Å². The van der Waals surface area contributed by atoms with Crippen molar-refractivity contribution in [2.24, 2.45) is 0 Å². The van der Waals surface area contributed by atoms with Gasteiger partial charge in [-0.05, 0) is 41.8 Å². The fourth-order valence-corrected chi connectivity index (χ4v) is 5.39. The fraction of sp³-hybridized carbons (Fsp3) is 0.286. The minimum Gasteiger partial charge on any atom is -0.491 e. The van der Waals surface area contributed by atoms with E-state index in [1.807, 2.05) is 53.4 Å². The van der Waals surface area contributed by atoms with Crippen LogP contribution in [0.15, 0.2) is 54.6 Å². The van der Waals surface area contributed by atoms with Crippen molar-refractivity contribution >= 4 is 11.6 Å². The van der Waals surface area contributed by atoms with Crippen molar-refractivity contribution in [3.8, 4) is 34.4 Å². The molecule has 0 N–H and O–H groups in total. The molecule has 1 spiro atoms. The van der Waals surface area contributed by atoms with E-state index in [2.05, 4.69) is 19.1 Å². The monoisotopic (exact) mass is 452 g/mol. The van der Waals surface area contributed by atoms with Crippen LogP contribution in [-0.2, 0) is 10.2 Å². The number of ether oxygens (including phenoxy) is 3. The lowest BCUT2D eigenvalue weighted by Gasteiger charge is -2.24. The van der Waals surface area contributed by atoms with Crippen molar-refractivity contribution in [1.29, 1.82) is 5.26 Å². The number of nitriles is 1. The van der Waals surface area contributed by atoms with Crippen molar-refractivity contribution in [3.63, 3.8) is 0 Å². The first kappa shape index (κ1) is 20.6. The Hall–Kier alpha value is -3.98. The van der Waals surface area contributed by atoms with Crippen LogP contribution in [0.5, 0.6) is 17.2 Å². The summed E-state index contributed by atoms with van der Waals surface area (Å²) in [6, 6.07) is 19.5. The zero-order chi connectivity index (χ0) is 23.3. The summed E-state index contributed by atoms with van der Waals surface area (Å²) in [6.07, 6.45) is 3.08. The highest BCUT2D eigenvalue weighted by Crippen LogP contribution is 2.57. The van der Waals surface area contributed by atoms with Crippen LogP contribution in [0.3, 0.4) is 0 Å². The van der Waals surface area contributed by atoms with E-state index in [9.17, 15) is 10.1 Å². The molecule has 3 heterocycles. The number of anilines is 1. The molecule has 170 valence electrons. The summed E-state index contributed by atoms with van der Waals surface area (Å²) in [5.74, 6) is 1.98. The van der Waals surface area contributed by atoms with Gasteiger partial charge in [0.05, 0.1) is 11.6 Å². The van der Waals surface area contributed by atoms with Gasteiger partial charge in [0.2, 0.25) is 12.7 Å². The van der Waals surface area contributed by atoms with Crippen LogP contribution in [0.2, 0.25) is 0 Å². The van der Waals surface area contributed by atoms with E-state index >= 15 is 0 Å². The molecule has 0 radical (unpaired) electrons. The molecule has 0 saturated carbocycles. The number of carbonyl (C=O) groups excluding carboxylic acids is 1. The number of carbonyl (C=O) groups is 1. The van der Waals surface area contributed by atoms with Crippen LogP contribution in [0.1, 0.15) is 42.9 Å². The molecule has 3 aromatic carbocycles. The van der Waals surface area contributed by atoms with E-state index in [-0.39, 0.29) is 19.3 Å². The van der Waals surface area contributed by atoms with E-state index in [1.54, 1.807) is 0 Å². The Morgan fingerprint density at radius 1 is 1.00 bits per heavy atom. The quantitative estimate of drug-likeness (QED) is 0.500. The first-order valence-corrected chi connectivity index (χ1v) is 11.7. The van der Waals surface area contributed by atoms with Gasteiger partial charge in [-0.15, -0.1) is 0 Å². The van der Waals surface area contributed by atoms with Crippen LogP contribution < -0.4 is 19.1 Å². The average Bonchev–Trinajstić information content (AvgIpc) is 3.55. The molecular formula is C28H24N2O4. The molecule has 34 heavy (non-hydrogen) atoms. The molecule has 0 bridgehead atoms. The molecule has 3 aromatic rings. The molecule has 6 rings (SSSR count). The van der Waals surface area contributed by atoms with Gasteiger partial charge in [-0.25, -0.2) is 0 Å². The van der Waals surface area contributed by atoms with Crippen LogP contribution in [0, 0.1) is 11.3 Å². The van der Waals surface area contributed by atoms with E-state index in [0.29, 0.717) is 29.4 Å². The molecule has 0 saturated heterocycles. The second-order valence-electron chi connectivity index (χ2n) is 8.95. The molecule has 0 aromatic heterocycles. The number of benzene rings is 3. The maximum absolute atomic E-state index is 14.3.